The number of aromatic nitrogens is 7. The average molecular weight is 591 g/mol. The summed E-state index contributed by atoms with van der Waals surface area (Å²) in [5.74, 6) is -3.51. The zero-order chi connectivity index (χ0) is 30.1. The molecule has 0 aliphatic heterocycles. The number of primary amides is 1. The van der Waals surface area contributed by atoms with E-state index in [4.69, 9.17) is 17.3 Å². The molecule has 41 heavy (non-hydrogen) atoms. The molecule has 1 aromatic carbocycles. The highest BCUT2D eigenvalue weighted by Gasteiger charge is 2.37. The molecule has 4 N–H and O–H groups in total. The fraction of sp³-hybridized carbons (Fsp3) is 0.250. The van der Waals surface area contributed by atoms with Crippen molar-refractivity contribution in [3.8, 4) is 5.82 Å². The summed E-state index contributed by atoms with van der Waals surface area (Å²) in [5, 5.41) is 19.5. The summed E-state index contributed by atoms with van der Waals surface area (Å²) < 4.78 is 39.9. The molecule has 17 heteroatoms. The second-order valence-electron chi connectivity index (χ2n) is 9.05. The lowest BCUT2D eigenvalue weighted by Gasteiger charge is -2.17. The van der Waals surface area contributed by atoms with Crippen LogP contribution >= 0.6 is 11.6 Å². The number of rotatable bonds is 8. The normalized spacial score (nSPS) is 11.5. The molecule has 4 aromatic rings. The van der Waals surface area contributed by atoms with Gasteiger partial charge < -0.3 is 16.4 Å². The number of nitrogens with one attached hydrogen (secondary N) is 2. The lowest BCUT2D eigenvalue weighted by molar-refractivity contribution is -0.145. The maximum atomic E-state index is 13.6. The number of pyridine rings is 1. The molecule has 0 spiro atoms. The third-order valence-electron chi connectivity index (χ3n) is 5.47. The molecule has 0 aliphatic rings. The van der Waals surface area contributed by atoms with Crippen molar-refractivity contribution >= 4 is 35.0 Å². The number of anilines is 1. The van der Waals surface area contributed by atoms with E-state index in [-0.39, 0.29) is 51.6 Å². The molecule has 4 rings (SSSR count). The highest BCUT2D eigenvalue weighted by molar-refractivity contribution is 6.32. The first-order valence-corrected chi connectivity index (χ1v) is 12.2. The van der Waals surface area contributed by atoms with Gasteiger partial charge in [-0.05, 0) is 61.9 Å². The van der Waals surface area contributed by atoms with Crippen molar-refractivity contribution < 1.29 is 27.6 Å². The van der Waals surface area contributed by atoms with Gasteiger partial charge in [0, 0.05) is 17.8 Å². The van der Waals surface area contributed by atoms with Crippen LogP contribution < -0.4 is 16.4 Å². The van der Waals surface area contributed by atoms with Crippen LogP contribution in [0, 0.1) is 6.92 Å². The number of benzene rings is 1. The SMILES string of the molecule is Cc1cc(C(N)=O)cc(C(=O)NC(C)C)c1NC(=O)c1cc(Cn2nnc(C(F)(F)F)n2)nn1-c1ncccc1Cl. The monoisotopic (exact) mass is 590 g/mol. The standard InChI is InChI=1S/C24H22ClF3N10O3/c1-11(2)31-21(40)15-8-13(19(29)39)7-12(3)18(15)32-22(41)17-9-14(10-37-35-23(33-36-37)24(26,27)28)34-38(17)20-16(25)5-4-6-30-20/h4-9,11H,10H2,1-3H3,(H2,29,39)(H,31,40)(H,32,41). The number of hydrogen-bond acceptors (Lipinski definition) is 8. The van der Waals surface area contributed by atoms with E-state index in [1.165, 1.54) is 30.5 Å². The van der Waals surface area contributed by atoms with E-state index in [0.29, 0.717) is 10.4 Å². The predicted octanol–water partition coefficient (Wildman–Crippen LogP) is 2.77. The highest BCUT2D eigenvalue weighted by atomic mass is 35.5. The number of carbonyl (C=O) groups is 3. The van der Waals surface area contributed by atoms with Gasteiger partial charge in [0.15, 0.2) is 5.82 Å². The molecule has 0 unspecified atom stereocenters. The highest BCUT2D eigenvalue weighted by Crippen LogP contribution is 2.27. The lowest BCUT2D eigenvalue weighted by atomic mass is 10.0. The minimum Gasteiger partial charge on any atom is -0.366 e. The maximum Gasteiger partial charge on any atom is 0.455 e. The van der Waals surface area contributed by atoms with Crippen LogP contribution in [0.15, 0.2) is 36.5 Å². The van der Waals surface area contributed by atoms with Gasteiger partial charge in [-0.3, -0.25) is 14.4 Å². The molecule has 0 radical (unpaired) electrons. The van der Waals surface area contributed by atoms with Crippen LogP contribution in [-0.4, -0.2) is 58.7 Å². The van der Waals surface area contributed by atoms with Crippen LogP contribution in [0.1, 0.15) is 62.1 Å². The Kier molecular flexibility index (Phi) is 8.05. The number of amides is 3. The molecule has 0 atom stereocenters. The Balaban J connectivity index is 1.76. The Morgan fingerprint density at radius 2 is 1.85 bits per heavy atom. The van der Waals surface area contributed by atoms with Crippen molar-refractivity contribution in [2.45, 2.75) is 39.5 Å². The van der Waals surface area contributed by atoms with Gasteiger partial charge in [-0.25, -0.2) is 9.67 Å². The third kappa shape index (κ3) is 6.49. The van der Waals surface area contributed by atoms with Gasteiger partial charge in [-0.2, -0.15) is 23.1 Å². The van der Waals surface area contributed by atoms with Crippen LogP contribution in [0.25, 0.3) is 5.82 Å². The Bertz CT molecular complexity index is 1650. The Morgan fingerprint density at radius 3 is 2.46 bits per heavy atom. The van der Waals surface area contributed by atoms with E-state index in [2.05, 4.69) is 36.1 Å². The number of carbonyl (C=O) groups excluding carboxylic acids is 3. The number of tetrazole rings is 1. The van der Waals surface area contributed by atoms with Crippen LogP contribution in [0.3, 0.4) is 0 Å². The molecular weight excluding hydrogens is 569 g/mol. The minimum absolute atomic E-state index is 0.0190. The number of aryl methyl sites for hydroxylation is 1. The molecule has 0 aliphatic carbocycles. The largest absolute Gasteiger partial charge is 0.455 e. The van der Waals surface area contributed by atoms with Crippen LogP contribution in [0.5, 0.6) is 0 Å². The molecule has 13 nitrogen and oxygen atoms in total. The number of nitrogens with two attached hydrogens (primary N) is 1. The van der Waals surface area contributed by atoms with Crippen LogP contribution in [0.4, 0.5) is 18.9 Å². The predicted molar refractivity (Wildman–Crippen MR) is 139 cm³/mol. The number of hydrogen-bond donors (Lipinski definition) is 3. The van der Waals surface area contributed by atoms with Crippen molar-refractivity contribution in [3.05, 3.63) is 75.5 Å². The first-order chi connectivity index (χ1) is 19.2. The molecule has 0 saturated carbocycles. The van der Waals surface area contributed by atoms with Gasteiger partial charge in [-0.15, -0.1) is 10.2 Å². The molecular formula is C24H22ClF3N10O3. The summed E-state index contributed by atoms with van der Waals surface area (Å²) in [5.41, 5.74) is 5.84. The minimum atomic E-state index is -4.80. The molecule has 0 fully saturated rings. The van der Waals surface area contributed by atoms with E-state index in [1.807, 2.05) is 0 Å². The van der Waals surface area contributed by atoms with Gasteiger partial charge in [0.05, 0.1) is 22.0 Å². The Labute approximate surface area is 234 Å². The van der Waals surface area contributed by atoms with E-state index in [1.54, 1.807) is 26.8 Å². The fourth-order valence-electron chi connectivity index (χ4n) is 3.72. The maximum absolute atomic E-state index is 13.6. The molecule has 0 bridgehead atoms. The molecule has 214 valence electrons. The van der Waals surface area contributed by atoms with Gasteiger partial charge >= 0.3 is 6.18 Å². The number of alkyl halides is 3. The average Bonchev–Trinajstić information content (AvgIpc) is 3.52. The quantitative estimate of drug-likeness (QED) is 0.280. The van der Waals surface area contributed by atoms with Crippen molar-refractivity contribution in [2.24, 2.45) is 5.73 Å². The first-order valence-electron chi connectivity index (χ1n) is 11.9. The Hall–Kier alpha value is -4.86. The van der Waals surface area contributed by atoms with E-state index in [9.17, 15) is 27.6 Å². The van der Waals surface area contributed by atoms with Gasteiger partial charge in [0.1, 0.15) is 12.2 Å². The zero-order valence-corrected chi connectivity index (χ0v) is 22.4. The summed E-state index contributed by atoms with van der Waals surface area (Å²) in [4.78, 5) is 43.3. The smallest absolute Gasteiger partial charge is 0.366 e. The molecule has 3 aromatic heterocycles. The fourth-order valence-corrected chi connectivity index (χ4v) is 3.93. The van der Waals surface area contributed by atoms with Crippen LogP contribution in [-0.2, 0) is 12.7 Å². The first kappa shape index (κ1) is 29.1. The number of nitrogens with zero attached hydrogens (tertiary/aromatic N) is 7. The summed E-state index contributed by atoms with van der Waals surface area (Å²) in [6.45, 7) is 4.66. The van der Waals surface area contributed by atoms with Gasteiger partial charge in [-0.1, -0.05) is 11.6 Å². The van der Waals surface area contributed by atoms with Crippen molar-refractivity contribution in [1.29, 1.82) is 0 Å². The second-order valence-corrected chi connectivity index (χ2v) is 9.45. The second kappa shape index (κ2) is 11.3. The summed E-state index contributed by atoms with van der Waals surface area (Å²) in [6, 6.07) is 6.74. The van der Waals surface area contributed by atoms with E-state index in [0.717, 1.165) is 4.68 Å². The van der Waals surface area contributed by atoms with Crippen molar-refractivity contribution in [3.63, 3.8) is 0 Å². The summed E-state index contributed by atoms with van der Waals surface area (Å²) >= 11 is 6.29. The third-order valence-corrected chi connectivity index (χ3v) is 5.76. The molecule has 3 heterocycles. The lowest BCUT2D eigenvalue weighted by Crippen LogP contribution is -2.32. The van der Waals surface area contributed by atoms with E-state index >= 15 is 0 Å². The zero-order valence-electron chi connectivity index (χ0n) is 21.7. The topological polar surface area (TPSA) is 176 Å². The van der Waals surface area contributed by atoms with Crippen LogP contribution in [0.2, 0.25) is 5.02 Å². The van der Waals surface area contributed by atoms with Gasteiger partial charge in [0.2, 0.25) is 5.91 Å². The number of halogens is 4. The van der Waals surface area contributed by atoms with Crippen molar-refractivity contribution in [2.75, 3.05) is 5.32 Å². The summed E-state index contributed by atoms with van der Waals surface area (Å²) in [6.07, 6.45) is -3.40. The molecule has 3 amide bonds. The molecule has 0 saturated heterocycles. The summed E-state index contributed by atoms with van der Waals surface area (Å²) in [7, 11) is 0. The van der Waals surface area contributed by atoms with Gasteiger partial charge in [0.25, 0.3) is 17.6 Å². The van der Waals surface area contributed by atoms with E-state index < -0.39 is 29.7 Å². The van der Waals surface area contributed by atoms with Crippen molar-refractivity contribution in [1.82, 2.24) is 40.3 Å². The Morgan fingerprint density at radius 1 is 1.12 bits per heavy atom.